The Balaban J connectivity index is 1.94. The van der Waals surface area contributed by atoms with Crippen LogP contribution in [-0.4, -0.2) is 28.4 Å². The standard InChI is InChI=1S/C16H22O4/c1-11-4-3-5-14(12(11)2)20-10-16(19)8-6-13(7-9-16)15(17)18/h3-5,13,19H,6-10H2,1-2H3,(H,17,18). The topological polar surface area (TPSA) is 66.8 Å². The molecule has 0 atom stereocenters. The predicted molar refractivity (Wildman–Crippen MR) is 76.0 cm³/mol. The summed E-state index contributed by atoms with van der Waals surface area (Å²) in [6, 6.07) is 5.85. The van der Waals surface area contributed by atoms with Crippen molar-refractivity contribution in [2.24, 2.45) is 5.92 Å². The molecular weight excluding hydrogens is 256 g/mol. The van der Waals surface area contributed by atoms with Crippen LogP contribution in [-0.2, 0) is 4.79 Å². The lowest BCUT2D eigenvalue weighted by Crippen LogP contribution is -2.41. The summed E-state index contributed by atoms with van der Waals surface area (Å²) in [5, 5.41) is 19.4. The van der Waals surface area contributed by atoms with E-state index in [1.807, 2.05) is 32.0 Å². The van der Waals surface area contributed by atoms with E-state index in [0.29, 0.717) is 25.7 Å². The monoisotopic (exact) mass is 278 g/mol. The van der Waals surface area contributed by atoms with Crippen LogP contribution in [0, 0.1) is 19.8 Å². The number of carboxylic acids is 1. The molecular formula is C16H22O4. The highest BCUT2D eigenvalue weighted by Gasteiger charge is 2.36. The van der Waals surface area contributed by atoms with Crippen molar-refractivity contribution in [1.82, 2.24) is 0 Å². The number of benzene rings is 1. The Morgan fingerprint density at radius 1 is 1.35 bits per heavy atom. The van der Waals surface area contributed by atoms with Gasteiger partial charge in [0.05, 0.1) is 11.5 Å². The predicted octanol–water partition coefficient (Wildman–Crippen LogP) is 2.69. The van der Waals surface area contributed by atoms with Gasteiger partial charge < -0.3 is 14.9 Å². The van der Waals surface area contributed by atoms with Gasteiger partial charge in [0, 0.05) is 0 Å². The molecule has 0 aromatic heterocycles. The molecule has 110 valence electrons. The number of aliphatic hydroxyl groups is 1. The molecule has 2 N–H and O–H groups in total. The highest BCUT2D eigenvalue weighted by molar-refractivity contribution is 5.70. The van der Waals surface area contributed by atoms with Crippen molar-refractivity contribution in [3.8, 4) is 5.75 Å². The van der Waals surface area contributed by atoms with E-state index in [4.69, 9.17) is 9.84 Å². The molecule has 0 amide bonds. The van der Waals surface area contributed by atoms with Crippen LogP contribution in [0.1, 0.15) is 36.8 Å². The van der Waals surface area contributed by atoms with Crippen LogP contribution in [0.5, 0.6) is 5.75 Å². The minimum atomic E-state index is -0.901. The summed E-state index contributed by atoms with van der Waals surface area (Å²) in [6.45, 7) is 4.24. The molecule has 0 bridgehead atoms. The quantitative estimate of drug-likeness (QED) is 0.888. The van der Waals surface area contributed by atoms with Gasteiger partial charge in [-0.3, -0.25) is 4.79 Å². The fraction of sp³-hybridized carbons (Fsp3) is 0.562. The Labute approximate surface area is 119 Å². The van der Waals surface area contributed by atoms with Crippen molar-refractivity contribution in [3.05, 3.63) is 29.3 Å². The first-order chi connectivity index (χ1) is 9.41. The van der Waals surface area contributed by atoms with E-state index in [2.05, 4.69) is 0 Å². The smallest absolute Gasteiger partial charge is 0.306 e. The average Bonchev–Trinajstić information content (AvgIpc) is 2.41. The van der Waals surface area contributed by atoms with Crippen LogP contribution < -0.4 is 4.74 Å². The zero-order valence-corrected chi connectivity index (χ0v) is 12.1. The minimum absolute atomic E-state index is 0.226. The van der Waals surface area contributed by atoms with E-state index in [1.165, 1.54) is 0 Å². The van der Waals surface area contributed by atoms with Gasteiger partial charge in [-0.2, -0.15) is 0 Å². The Hall–Kier alpha value is -1.55. The second kappa shape index (κ2) is 5.83. The zero-order chi connectivity index (χ0) is 14.8. The van der Waals surface area contributed by atoms with Crippen LogP contribution in [0.25, 0.3) is 0 Å². The normalized spacial score (nSPS) is 26.2. The fourth-order valence-corrected chi connectivity index (χ4v) is 2.64. The molecule has 1 aromatic carbocycles. The third-order valence-electron chi connectivity index (χ3n) is 4.32. The maximum Gasteiger partial charge on any atom is 0.306 e. The second-order valence-corrected chi connectivity index (χ2v) is 5.82. The first-order valence-corrected chi connectivity index (χ1v) is 7.05. The number of aliphatic carboxylic acids is 1. The zero-order valence-electron chi connectivity index (χ0n) is 12.1. The van der Waals surface area contributed by atoms with Gasteiger partial charge in [0.1, 0.15) is 12.4 Å². The maximum atomic E-state index is 10.9. The molecule has 20 heavy (non-hydrogen) atoms. The molecule has 0 aliphatic heterocycles. The van der Waals surface area contributed by atoms with Crippen LogP contribution >= 0.6 is 0 Å². The first kappa shape index (κ1) is 14.9. The van der Waals surface area contributed by atoms with Gasteiger partial charge in [-0.1, -0.05) is 12.1 Å². The molecule has 0 saturated heterocycles. The lowest BCUT2D eigenvalue weighted by molar-refractivity contribution is -0.145. The summed E-state index contributed by atoms with van der Waals surface area (Å²) in [4.78, 5) is 10.9. The van der Waals surface area contributed by atoms with Crippen LogP contribution in [0.15, 0.2) is 18.2 Å². The van der Waals surface area contributed by atoms with Crippen molar-refractivity contribution in [1.29, 1.82) is 0 Å². The molecule has 0 radical (unpaired) electrons. The second-order valence-electron chi connectivity index (χ2n) is 5.82. The minimum Gasteiger partial charge on any atom is -0.490 e. The molecule has 0 spiro atoms. The van der Waals surface area contributed by atoms with Crippen molar-refractivity contribution in [2.75, 3.05) is 6.61 Å². The lowest BCUT2D eigenvalue weighted by Gasteiger charge is -2.34. The van der Waals surface area contributed by atoms with Crippen molar-refractivity contribution < 1.29 is 19.7 Å². The molecule has 0 heterocycles. The van der Waals surface area contributed by atoms with Gasteiger partial charge in [-0.25, -0.2) is 0 Å². The Bertz CT molecular complexity index is 487. The van der Waals surface area contributed by atoms with E-state index in [9.17, 15) is 9.90 Å². The average molecular weight is 278 g/mol. The molecule has 1 aliphatic rings. The van der Waals surface area contributed by atoms with E-state index in [0.717, 1.165) is 16.9 Å². The van der Waals surface area contributed by atoms with E-state index < -0.39 is 11.6 Å². The largest absolute Gasteiger partial charge is 0.490 e. The van der Waals surface area contributed by atoms with Gasteiger partial charge in [-0.05, 0) is 56.7 Å². The number of ether oxygens (including phenoxy) is 1. The number of carbonyl (C=O) groups is 1. The summed E-state index contributed by atoms with van der Waals surface area (Å²) in [6.07, 6.45) is 1.99. The summed E-state index contributed by atoms with van der Waals surface area (Å²) >= 11 is 0. The number of hydrogen-bond acceptors (Lipinski definition) is 3. The molecule has 1 aromatic rings. The highest BCUT2D eigenvalue weighted by Crippen LogP contribution is 2.33. The first-order valence-electron chi connectivity index (χ1n) is 7.05. The highest BCUT2D eigenvalue weighted by atomic mass is 16.5. The summed E-state index contributed by atoms with van der Waals surface area (Å²) < 4.78 is 5.76. The maximum absolute atomic E-state index is 10.9. The third kappa shape index (κ3) is 3.31. The van der Waals surface area contributed by atoms with Crippen molar-refractivity contribution in [2.45, 2.75) is 45.1 Å². The molecule has 0 unspecified atom stereocenters. The molecule has 1 saturated carbocycles. The molecule has 1 fully saturated rings. The van der Waals surface area contributed by atoms with E-state index >= 15 is 0 Å². The van der Waals surface area contributed by atoms with Gasteiger partial charge in [0.25, 0.3) is 0 Å². The number of aryl methyl sites for hydroxylation is 1. The molecule has 2 rings (SSSR count). The Morgan fingerprint density at radius 3 is 2.60 bits per heavy atom. The van der Waals surface area contributed by atoms with Gasteiger partial charge >= 0.3 is 5.97 Å². The van der Waals surface area contributed by atoms with Crippen molar-refractivity contribution >= 4 is 5.97 Å². The van der Waals surface area contributed by atoms with Crippen molar-refractivity contribution in [3.63, 3.8) is 0 Å². The van der Waals surface area contributed by atoms with Crippen LogP contribution in [0.2, 0.25) is 0 Å². The third-order valence-corrected chi connectivity index (χ3v) is 4.32. The number of rotatable bonds is 4. The number of hydrogen-bond donors (Lipinski definition) is 2. The fourth-order valence-electron chi connectivity index (χ4n) is 2.64. The Kier molecular flexibility index (Phi) is 4.33. The van der Waals surface area contributed by atoms with Gasteiger partial charge in [0.2, 0.25) is 0 Å². The summed E-state index contributed by atoms with van der Waals surface area (Å²) in [5.41, 5.74) is 1.33. The number of carboxylic acid groups (broad SMARTS) is 1. The van der Waals surface area contributed by atoms with Crippen LogP contribution in [0.3, 0.4) is 0 Å². The SMILES string of the molecule is Cc1cccc(OCC2(O)CCC(C(=O)O)CC2)c1C. The summed E-state index contributed by atoms with van der Waals surface area (Å²) in [5.74, 6) is -0.294. The van der Waals surface area contributed by atoms with Crippen LogP contribution in [0.4, 0.5) is 0 Å². The summed E-state index contributed by atoms with van der Waals surface area (Å²) in [7, 11) is 0. The van der Waals surface area contributed by atoms with E-state index in [-0.39, 0.29) is 12.5 Å². The van der Waals surface area contributed by atoms with Gasteiger partial charge in [0.15, 0.2) is 0 Å². The lowest BCUT2D eigenvalue weighted by atomic mass is 9.79. The van der Waals surface area contributed by atoms with Gasteiger partial charge in [-0.15, -0.1) is 0 Å². The molecule has 1 aliphatic carbocycles. The molecule has 4 heteroatoms. The molecule has 4 nitrogen and oxygen atoms in total. The Morgan fingerprint density at radius 2 is 2.00 bits per heavy atom. The van der Waals surface area contributed by atoms with E-state index in [1.54, 1.807) is 0 Å².